The minimum absolute atomic E-state index is 0.0599. The standard InChI is InChI=1S/C15H21NO4/c1-3-8-16(9-7-13(17)18)14(15(19)20)12-6-4-5-11(2)10-12/h4-6,10,14H,3,7-9H2,1-2H3,(H,17,18)(H,19,20). The molecule has 1 rings (SSSR count). The summed E-state index contributed by atoms with van der Waals surface area (Å²) >= 11 is 0. The molecule has 0 radical (unpaired) electrons. The van der Waals surface area contributed by atoms with Gasteiger partial charge in [0.15, 0.2) is 0 Å². The molecule has 1 atom stereocenters. The van der Waals surface area contributed by atoms with E-state index in [4.69, 9.17) is 5.11 Å². The molecule has 1 unspecified atom stereocenters. The van der Waals surface area contributed by atoms with Crippen molar-refractivity contribution in [1.82, 2.24) is 4.90 Å². The molecule has 0 saturated carbocycles. The molecule has 0 aliphatic carbocycles. The van der Waals surface area contributed by atoms with Crippen molar-refractivity contribution in [3.05, 3.63) is 35.4 Å². The summed E-state index contributed by atoms with van der Waals surface area (Å²) < 4.78 is 0. The molecule has 0 bridgehead atoms. The highest BCUT2D eigenvalue weighted by Gasteiger charge is 2.27. The number of hydrogen-bond donors (Lipinski definition) is 2. The van der Waals surface area contributed by atoms with Gasteiger partial charge in [0.05, 0.1) is 6.42 Å². The van der Waals surface area contributed by atoms with Gasteiger partial charge in [0.25, 0.3) is 0 Å². The molecule has 110 valence electrons. The van der Waals surface area contributed by atoms with Crippen molar-refractivity contribution >= 4 is 11.9 Å². The minimum atomic E-state index is -0.950. The largest absolute Gasteiger partial charge is 0.481 e. The van der Waals surface area contributed by atoms with Crippen LogP contribution >= 0.6 is 0 Å². The second-order valence-corrected chi connectivity index (χ2v) is 4.83. The first-order valence-corrected chi connectivity index (χ1v) is 6.71. The highest BCUT2D eigenvalue weighted by atomic mass is 16.4. The van der Waals surface area contributed by atoms with E-state index in [1.54, 1.807) is 11.0 Å². The van der Waals surface area contributed by atoms with Crippen LogP contribution in [-0.2, 0) is 9.59 Å². The van der Waals surface area contributed by atoms with E-state index in [9.17, 15) is 14.7 Å². The van der Waals surface area contributed by atoms with Gasteiger partial charge >= 0.3 is 11.9 Å². The third kappa shape index (κ3) is 4.66. The molecule has 2 N–H and O–H groups in total. The van der Waals surface area contributed by atoms with E-state index in [2.05, 4.69) is 0 Å². The van der Waals surface area contributed by atoms with E-state index in [1.165, 1.54) is 0 Å². The molecule has 0 fully saturated rings. The Hall–Kier alpha value is -1.88. The summed E-state index contributed by atoms with van der Waals surface area (Å²) in [5, 5.41) is 18.3. The number of carboxylic acids is 2. The molecule has 0 amide bonds. The summed E-state index contributed by atoms with van der Waals surface area (Å²) in [6, 6.07) is 6.54. The first-order valence-electron chi connectivity index (χ1n) is 6.71. The van der Waals surface area contributed by atoms with Gasteiger partial charge in [-0.05, 0) is 25.5 Å². The SMILES string of the molecule is CCCN(CCC(=O)O)C(C(=O)O)c1cccc(C)c1. The summed E-state index contributed by atoms with van der Waals surface area (Å²) in [5.74, 6) is -1.87. The van der Waals surface area contributed by atoms with Crippen LogP contribution in [0.5, 0.6) is 0 Å². The smallest absolute Gasteiger partial charge is 0.325 e. The molecule has 1 aromatic rings. The summed E-state index contributed by atoms with van der Waals surface area (Å²) in [4.78, 5) is 24.0. The average molecular weight is 279 g/mol. The van der Waals surface area contributed by atoms with E-state index in [-0.39, 0.29) is 13.0 Å². The third-order valence-electron chi connectivity index (χ3n) is 3.08. The molecule has 0 aliphatic rings. The van der Waals surface area contributed by atoms with Crippen molar-refractivity contribution in [2.45, 2.75) is 32.7 Å². The average Bonchev–Trinajstić information content (AvgIpc) is 2.35. The molecule has 5 nitrogen and oxygen atoms in total. The molecule has 0 aromatic heterocycles. The number of aliphatic carboxylic acids is 2. The van der Waals surface area contributed by atoms with Crippen molar-refractivity contribution in [2.75, 3.05) is 13.1 Å². The maximum absolute atomic E-state index is 11.6. The van der Waals surface area contributed by atoms with E-state index in [0.29, 0.717) is 12.1 Å². The van der Waals surface area contributed by atoms with Crippen LogP contribution in [0, 0.1) is 6.92 Å². The van der Waals surface area contributed by atoms with Gasteiger partial charge in [-0.2, -0.15) is 0 Å². The number of aryl methyl sites for hydroxylation is 1. The highest BCUT2D eigenvalue weighted by Crippen LogP contribution is 2.22. The lowest BCUT2D eigenvalue weighted by atomic mass is 10.0. The van der Waals surface area contributed by atoms with Crippen LogP contribution in [0.15, 0.2) is 24.3 Å². The van der Waals surface area contributed by atoms with Gasteiger partial charge in [-0.3, -0.25) is 14.5 Å². The number of carbonyl (C=O) groups is 2. The van der Waals surface area contributed by atoms with E-state index >= 15 is 0 Å². The zero-order valence-electron chi connectivity index (χ0n) is 11.9. The minimum Gasteiger partial charge on any atom is -0.481 e. The molecule has 0 saturated heterocycles. The van der Waals surface area contributed by atoms with Gasteiger partial charge in [0, 0.05) is 6.54 Å². The summed E-state index contributed by atoms with van der Waals surface area (Å²) in [5.41, 5.74) is 1.68. The van der Waals surface area contributed by atoms with Gasteiger partial charge in [0.1, 0.15) is 6.04 Å². The Bertz CT molecular complexity index is 473. The predicted molar refractivity (Wildman–Crippen MR) is 75.7 cm³/mol. The van der Waals surface area contributed by atoms with Crippen molar-refractivity contribution in [2.24, 2.45) is 0 Å². The molecule has 0 spiro atoms. The van der Waals surface area contributed by atoms with Crippen LogP contribution < -0.4 is 0 Å². The molecule has 0 aliphatic heterocycles. The quantitative estimate of drug-likeness (QED) is 0.763. The van der Waals surface area contributed by atoms with Crippen LogP contribution in [-0.4, -0.2) is 40.1 Å². The fraction of sp³-hybridized carbons (Fsp3) is 0.467. The van der Waals surface area contributed by atoms with Crippen molar-refractivity contribution in [3.8, 4) is 0 Å². The van der Waals surface area contributed by atoms with Gasteiger partial charge < -0.3 is 10.2 Å². The zero-order valence-corrected chi connectivity index (χ0v) is 11.9. The van der Waals surface area contributed by atoms with Gasteiger partial charge in [-0.1, -0.05) is 36.8 Å². The van der Waals surface area contributed by atoms with E-state index < -0.39 is 18.0 Å². The van der Waals surface area contributed by atoms with Gasteiger partial charge in [0.2, 0.25) is 0 Å². The Kier molecular flexibility index (Phi) is 6.18. The molecular weight excluding hydrogens is 258 g/mol. The lowest BCUT2D eigenvalue weighted by Gasteiger charge is -2.28. The van der Waals surface area contributed by atoms with Crippen LogP contribution in [0.1, 0.15) is 36.9 Å². The number of benzene rings is 1. The Labute approximate surface area is 118 Å². The summed E-state index contributed by atoms with van der Waals surface area (Å²) in [7, 11) is 0. The first kappa shape index (κ1) is 16.2. The lowest BCUT2D eigenvalue weighted by molar-refractivity contribution is -0.145. The van der Waals surface area contributed by atoms with Crippen molar-refractivity contribution in [1.29, 1.82) is 0 Å². The molecule has 0 heterocycles. The summed E-state index contributed by atoms with van der Waals surface area (Å²) in [6.07, 6.45) is 0.713. The molecule has 5 heteroatoms. The molecule has 1 aromatic carbocycles. The highest BCUT2D eigenvalue weighted by molar-refractivity contribution is 5.76. The lowest BCUT2D eigenvalue weighted by Crippen LogP contribution is -2.36. The Balaban J connectivity index is 3.01. The normalized spacial score (nSPS) is 12.3. The van der Waals surface area contributed by atoms with E-state index in [1.807, 2.05) is 32.0 Å². The summed E-state index contributed by atoms with van der Waals surface area (Å²) in [6.45, 7) is 4.64. The van der Waals surface area contributed by atoms with Gasteiger partial charge in [-0.25, -0.2) is 0 Å². The van der Waals surface area contributed by atoms with Crippen molar-refractivity contribution in [3.63, 3.8) is 0 Å². The second kappa shape index (κ2) is 7.65. The van der Waals surface area contributed by atoms with Crippen molar-refractivity contribution < 1.29 is 19.8 Å². The van der Waals surface area contributed by atoms with E-state index in [0.717, 1.165) is 12.0 Å². The predicted octanol–water partition coefficient (Wildman–Crippen LogP) is 2.31. The molecule has 20 heavy (non-hydrogen) atoms. The topological polar surface area (TPSA) is 77.8 Å². The van der Waals surface area contributed by atoms with Crippen LogP contribution in [0.3, 0.4) is 0 Å². The Morgan fingerprint density at radius 2 is 1.95 bits per heavy atom. The monoisotopic (exact) mass is 279 g/mol. The van der Waals surface area contributed by atoms with Crippen LogP contribution in [0.4, 0.5) is 0 Å². The number of hydrogen-bond acceptors (Lipinski definition) is 3. The Morgan fingerprint density at radius 3 is 2.45 bits per heavy atom. The fourth-order valence-electron chi connectivity index (χ4n) is 2.25. The number of rotatable bonds is 8. The second-order valence-electron chi connectivity index (χ2n) is 4.83. The maximum Gasteiger partial charge on any atom is 0.325 e. The number of carboxylic acid groups (broad SMARTS) is 2. The maximum atomic E-state index is 11.6. The Morgan fingerprint density at radius 1 is 1.25 bits per heavy atom. The number of nitrogens with zero attached hydrogens (tertiary/aromatic N) is 1. The zero-order chi connectivity index (χ0) is 15.1. The third-order valence-corrected chi connectivity index (χ3v) is 3.08. The first-order chi connectivity index (χ1) is 9.45. The van der Waals surface area contributed by atoms with Crippen LogP contribution in [0.2, 0.25) is 0 Å². The van der Waals surface area contributed by atoms with Gasteiger partial charge in [-0.15, -0.1) is 0 Å². The molecular formula is C15H21NO4. The van der Waals surface area contributed by atoms with Crippen LogP contribution in [0.25, 0.3) is 0 Å². The fourth-order valence-corrected chi connectivity index (χ4v) is 2.25.